The molecule has 1 N–H and O–H groups in total. The second kappa shape index (κ2) is 9.64. The molecule has 2 aliphatic rings. The molecule has 0 atom stereocenters. The number of nitrogens with zero attached hydrogens (tertiary/aromatic N) is 5. The van der Waals surface area contributed by atoms with E-state index in [1.165, 1.54) is 12.1 Å². The smallest absolute Gasteiger partial charge is 0.282 e. The first-order valence-electron chi connectivity index (χ1n) is 9.45. The van der Waals surface area contributed by atoms with Crippen LogP contribution in [0.3, 0.4) is 0 Å². The minimum atomic E-state index is -3.19. The quantitative estimate of drug-likeness (QED) is 0.239. The molecule has 2 fully saturated rings. The molecular formula is C17H27N6O5P. The van der Waals surface area contributed by atoms with Gasteiger partial charge in [0, 0.05) is 52.4 Å². The van der Waals surface area contributed by atoms with Crippen LogP contribution in [0.2, 0.25) is 0 Å². The fourth-order valence-electron chi connectivity index (χ4n) is 3.28. The molecule has 0 amide bonds. The summed E-state index contributed by atoms with van der Waals surface area (Å²) < 4.78 is 29.3. The summed E-state index contributed by atoms with van der Waals surface area (Å²) in [7, 11) is 0.432. The van der Waals surface area contributed by atoms with E-state index in [1.807, 2.05) is 23.4 Å². The van der Waals surface area contributed by atoms with Crippen molar-refractivity contribution in [2.75, 3.05) is 72.1 Å². The van der Waals surface area contributed by atoms with Crippen LogP contribution in [0.5, 0.6) is 0 Å². The zero-order valence-corrected chi connectivity index (χ0v) is 17.6. The molecule has 29 heavy (non-hydrogen) atoms. The van der Waals surface area contributed by atoms with Gasteiger partial charge < -0.3 is 14.4 Å². The Kier molecular flexibility index (Phi) is 7.20. The zero-order chi connectivity index (χ0) is 20.9. The average Bonchev–Trinajstić information content (AvgIpc) is 2.75. The zero-order valence-electron chi connectivity index (χ0n) is 16.7. The van der Waals surface area contributed by atoms with Gasteiger partial charge in [-0.15, -0.1) is 0 Å². The second-order valence-electron chi connectivity index (χ2n) is 6.90. The number of ether oxygens (including phenoxy) is 2. The van der Waals surface area contributed by atoms with Crippen LogP contribution in [0.4, 0.5) is 11.4 Å². The number of hydrogen-bond acceptors (Lipinski definition) is 7. The Bertz CT molecular complexity index is 753. The van der Waals surface area contributed by atoms with E-state index in [-0.39, 0.29) is 5.69 Å². The van der Waals surface area contributed by atoms with E-state index in [2.05, 4.69) is 10.5 Å². The Morgan fingerprint density at radius 1 is 1.07 bits per heavy atom. The number of hydrogen-bond donors (Lipinski definition) is 1. The van der Waals surface area contributed by atoms with Crippen molar-refractivity contribution in [1.82, 2.24) is 14.2 Å². The molecule has 12 heteroatoms. The van der Waals surface area contributed by atoms with Gasteiger partial charge in [0.2, 0.25) is 5.58 Å². The first-order valence-corrected chi connectivity index (χ1v) is 11.1. The molecule has 2 saturated heterocycles. The number of benzene rings is 1. The topological polar surface area (TPSA) is 113 Å². The molecule has 0 aliphatic carbocycles. The van der Waals surface area contributed by atoms with Crippen molar-refractivity contribution in [3.8, 4) is 0 Å². The van der Waals surface area contributed by atoms with Gasteiger partial charge in [0.05, 0.1) is 37.0 Å². The van der Waals surface area contributed by atoms with Crippen molar-refractivity contribution in [2.24, 2.45) is 5.10 Å². The number of non-ortho nitro benzene ring substituents is 1. The summed E-state index contributed by atoms with van der Waals surface area (Å²) in [6, 6.07) is 5.94. The molecular weight excluding hydrogens is 399 g/mol. The summed E-state index contributed by atoms with van der Waals surface area (Å²) in [5.41, 5.74) is 3.90. The number of morpholine rings is 2. The predicted octanol–water partition coefficient (Wildman–Crippen LogP) is 1.70. The molecule has 0 radical (unpaired) electrons. The van der Waals surface area contributed by atoms with Crippen molar-refractivity contribution in [2.45, 2.75) is 0 Å². The largest absolute Gasteiger partial charge is 0.379 e. The normalized spacial score (nSPS) is 19.7. The SMILES string of the molecule is CN(C)/C(=N\Nc1ccc([N+](=O)[O-])cc1)P(=O)(N1CCOCC1)N1CCOCC1. The van der Waals surface area contributed by atoms with Crippen LogP contribution in [0, 0.1) is 10.1 Å². The summed E-state index contributed by atoms with van der Waals surface area (Å²) in [5, 5.41) is 15.3. The van der Waals surface area contributed by atoms with Crippen LogP contribution in [0.25, 0.3) is 0 Å². The fraction of sp³-hybridized carbons (Fsp3) is 0.588. The molecule has 2 aliphatic heterocycles. The van der Waals surface area contributed by atoms with E-state index in [4.69, 9.17) is 9.47 Å². The number of nitrogens with one attached hydrogen (secondary N) is 1. The Hall–Kier alpha value is -2.04. The van der Waals surface area contributed by atoms with E-state index >= 15 is 0 Å². The summed E-state index contributed by atoms with van der Waals surface area (Å²) >= 11 is 0. The molecule has 3 rings (SSSR count). The summed E-state index contributed by atoms with van der Waals surface area (Å²) in [4.78, 5) is 12.1. The maximum Gasteiger partial charge on any atom is 0.282 e. The van der Waals surface area contributed by atoms with Gasteiger partial charge in [-0.25, -0.2) is 9.34 Å². The maximum atomic E-state index is 14.5. The Morgan fingerprint density at radius 2 is 1.55 bits per heavy atom. The van der Waals surface area contributed by atoms with Crippen molar-refractivity contribution >= 4 is 24.4 Å². The molecule has 0 aromatic heterocycles. The third kappa shape index (κ3) is 4.93. The van der Waals surface area contributed by atoms with Gasteiger partial charge >= 0.3 is 0 Å². The number of nitro groups is 1. The number of anilines is 1. The van der Waals surface area contributed by atoms with Crippen molar-refractivity contribution in [1.29, 1.82) is 0 Å². The second-order valence-corrected chi connectivity index (χ2v) is 9.52. The van der Waals surface area contributed by atoms with Crippen molar-refractivity contribution in [3.05, 3.63) is 34.4 Å². The van der Waals surface area contributed by atoms with E-state index < -0.39 is 12.4 Å². The van der Waals surface area contributed by atoms with E-state index in [1.54, 1.807) is 17.0 Å². The van der Waals surface area contributed by atoms with E-state index in [9.17, 15) is 14.7 Å². The van der Waals surface area contributed by atoms with Gasteiger partial charge in [0.25, 0.3) is 13.1 Å². The van der Waals surface area contributed by atoms with Crippen LogP contribution < -0.4 is 5.43 Å². The van der Waals surface area contributed by atoms with Crippen LogP contribution in [0.1, 0.15) is 0 Å². The molecule has 1 aromatic carbocycles. The number of nitro benzene ring substituents is 1. The van der Waals surface area contributed by atoms with Gasteiger partial charge in [-0.2, -0.15) is 5.10 Å². The van der Waals surface area contributed by atoms with Crippen LogP contribution in [-0.2, 0) is 14.0 Å². The third-order valence-electron chi connectivity index (χ3n) is 4.77. The highest BCUT2D eigenvalue weighted by molar-refractivity contribution is 7.76. The minimum Gasteiger partial charge on any atom is -0.379 e. The lowest BCUT2D eigenvalue weighted by molar-refractivity contribution is -0.384. The number of hydrazone groups is 1. The molecule has 2 heterocycles. The first kappa shape index (κ1) is 21.7. The van der Waals surface area contributed by atoms with Gasteiger partial charge in [-0.1, -0.05) is 0 Å². The number of amidine groups is 1. The van der Waals surface area contributed by atoms with E-state index in [0.29, 0.717) is 63.9 Å². The van der Waals surface area contributed by atoms with Crippen molar-refractivity contribution in [3.63, 3.8) is 0 Å². The fourth-order valence-corrected chi connectivity index (χ4v) is 6.26. The first-order chi connectivity index (χ1) is 13.9. The van der Waals surface area contributed by atoms with Gasteiger partial charge in [-0.05, 0) is 12.1 Å². The van der Waals surface area contributed by atoms with Gasteiger partial charge in [0.15, 0.2) is 0 Å². The monoisotopic (exact) mass is 426 g/mol. The highest BCUT2D eigenvalue weighted by Gasteiger charge is 2.44. The van der Waals surface area contributed by atoms with Crippen LogP contribution in [-0.4, -0.2) is 91.4 Å². The Labute approximate surface area is 169 Å². The molecule has 1 aromatic rings. The highest BCUT2D eigenvalue weighted by atomic mass is 31.2. The Morgan fingerprint density at radius 3 is 1.97 bits per heavy atom. The molecule has 0 unspecified atom stereocenters. The molecule has 0 saturated carbocycles. The predicted molar refractivity (Wildman–Crippen MR) is 110 cm³/mol. The molecule has 0 bridgehead atoms. The summed E-state index contributed by atoms with van der Waals surface area (Å²) in [6.45, 7) is 4.29. The maximum absolute atomic E-state index is 14.5. The minimum absolute atomic E-state index is 0.000308. The third-order valence-corrected chi connectivity index (χ3v) is 8.12. The highest BCUT2D eigenvalue weighted by Crippen LogP contribution is 2.55. The van der Waals surface area contributed by atoms with Crippen LogP contribution >= 0.6 is 7.44 Å². The number of rotatable bonds is 6. The summed E-state index contributed by atoms with van der Waals surface area (Å²) in [6.07, 6.45) is 0. The average molecular weight is 426 g/mol. The van der Waals surface area contributed by atoms with Crippen LogP contribution in [0.15, 0.2) is 29.4 Å². The lowest BCUT2D eigenvalue weighted by Crippen LogP contribution is -2.47. The Balaban J connectivity index is 1.91. The van der Waals surface area contributed by atoms with Gasteiger partial charge in [-0.3, -0.25) is 20.1 Å². The standard InChI is InChI=1S/C17H27N6O5P/c1-20(2)17(19-18-15-3-5-16(6-4-15)23(24)25)29(26,21-7-11-27-12-8-21)22-9-13-28-14-10-22/h3-6,18H,7-14H2,1-2H3/b19-17+. The van der Waals surface area contributed by atoms with Crippen molar-refractivity contribution < 1.29 is 19.0 Å². The lowest BCUT2D eigenvalue weighted by atomic mass is 10.3. The van der Waals surface area contributed by atoms with E-state index in [0.717, 1.165) is 0 Å². The van der Waals surface area contributed by atoms with Gasteiger partial charge in [0.1, 0.15) is 0 Å². The molecule has 11 nitrogen and oxygen atoms in total. The molecule has 160 valence electrons. The summed E-state index contributed by atoms with van der Waals surface area (Å²) in [5.74, 6) is 0. The molecule has 0 spiro atoms. The lowest BCUT2D eigenvalue weighted by Gasteiger charge is -2.43.